The van der Waals surface area contributed by atoms with Gasteiger partial charge in [-0.1, -0.05) is 0 Å². The molecule has 0 saturated carbocycles. The summed E-state index contributed by atoms with van der Waals surface area (Å²) in [5, 5.41) is 12.5. The zero-order valence-corrected chi connectivity index (χ0v) is 10.5. The van der Waals surface area contributed by atoms with Gasteiger partial charge in [-0.2, -0.15) is 13.2 Å². The first-order chi connectivity index (χ1) is 9.03. The summed E-state index contributed by atoms with van der Waals surface area (Å²) < 4.78 is 41.8. The monoisotopic (exact) mass is 292 g/mol. The van der Waals surface area contributed by atoms with Crippen LogP contribution in [0.2, 0.25) is 0 Å². The van der Waals surface area contributed by atoms with Crippen LogP contribution in [0.25, 0.3) is 0 Å². The van der Waals surface area contributed by atoms with E-state index in [1.54, 1.807) is 0 Å². The summed E-state index contributed by atoms with van der Waals surface area (Å²) >= 11 is 0. The second-order valence-corrected chi connectivity index (χ2v) is 4.33. The molecule has 0 spiro atoms. The number of hydrogen-bond donors (Lipinski definition) is 1. The van der Waals surface area contributed by atoms with E-state index in [4.69, 9.17) is 0 Å². The van der Waals surface area contributed by atoms with Gasteiger partial charge in [0, 0.05) is 17.8 Å². The van der Waals surface area contributed by atoms with E-state index < -0.39 is 22.8 Å². The second kappa shape index (κ2) is 5.35. The highest BCUT2D eigenvalue weighted by atomic mass is 19.4. The third kappa shape index (κ3) is 3.84. The quantitative estimate of drug-likeness (QED) is 0.683. The molecule has 0 saturated heterocycles. The lowest BCUT2D eigenvalue weighted by Gasteiger charge is -2.27. The maximum absolute atomic E-state index is 12.5. The van der Waals surface area contributed by atoms with Gasteiger partial charge in [0.15, 0.2) is 0 Å². The first-order valence-corrected chi connectivity index (χ1v) is 5.34. The Balaban J connectivity index is 2.70. The van der Waals surface area contributed by atoms with Gasteiger partial charge in [-0.15, -0.1) is 0 Å². The lowest BCUT2D eigenvalue weighted by Crippen LogP contribution is -2.44. The molecule has 1 amide bonds. The molecule has 110 valence electrons. The van der Waals surface area contributed by atoms with E-state index in [1.807, 2.05) is 0 Å². The van der Waals surface area contributed by atoms with Crippen LogP contribution in [0.4, 0.5) is 29.3 Å². The normalized spacial score (nSPS) is 11.8. The Morgan fingerprint density at radius 1 is 1.25 bits per heavy atom. The molecule has 0 heterocycles. The highest BCUT2D eigenvalue weighted by Gasteiger charge is 2.50. The van der Waals surface area contributed by atoms with E-state index in [1.165, 1.54) is 12.1 Å². The number of benzene rings is 1. The fourth-order valence-corrected chi connectivity index (χ4v) is 1.10. The summed E-state index contributed by atoms with van der Waals surface area (Å²) in [5.74, 6) is 0. The maximum Gasteiger partial charge on any atom is 0.427 e. The molecule has 0 radical (unpaired) electrons. The molecule has 6 nitrogen and oxygen atoms in total. The number of carbonyl (C=O) groups is 1. The number of anilines is 1. The molecule has 0 aliphatic rings. The lowest BCUT2D eigenvalue weighted by atomic mass is 10.1. The molecule has 1 aromatic carbocycles. The Labute approximate surface area is 111 Å². The fraction of sp³-hybridized carbons (Fsp3) is 0.364. The molecule has 1 aromatic rings. The number of alkyl halides is 3. The largest absolute Gasteiger partial charge is 0.434 e. The molecule has 0 aliphatic heterocycles. The minimum atomic E-state index is -4.71. The third-order valence-corrected chi connectivity index (χ3v) is 2.36. The lowest BCUT2D eigenvalue weighted by molar-refractivity contribution is -0.384. The van der Waals surface area contributed by atoms with Crippen LogP contribution in [-0.2, 0) is 4.74 Å². The minimum absolute atomic E-state index is 0.0820. The van der Waals surface area contributed by atoms with Gasteiger partial charge >= 0.3 is 12.3 Å². The Hall–Kier alpha value is -2.32. The number of carbonyl (C=O) groups excluding carboxylic acids is 1. The number of ether oxygens (including phenoxy) is 1. The van der Waals surface area contributed by atoms with Gasteiger partial charge in [0.2, 0.25) is 5.60 Å². The number of rotatable bonds is 3. The van der Waals surface area contributed by atoms with Crippen LogP contribution < -0.4 is 5.32 Å². The van der Waals surface area contributed by atoms with Gasteiger partial charge in [-0.25, -0.2) is 4.79 Å². The Morgan fingerprint density at radius 3 is 2.15 bits per heavy atom. The first-order valence-electron chi connectivity index (χ1n) is 5.34. The van der Waals surface area contributed by atoms with Gasteiger partial charge in [-0.05, 0) is 26.0 Å². The third-order valence-electron chi connectivity index (χ3n) is 2.36. The molecule has 0 unspecified atom stereocenters. The number of amides is 1. The van der Waals surface area contributed by atoms with Crippen LogP contribution in [0.15, 0.2) is 24.3 Å². The molecular formula is C11H11F3N2O4. The summed E-state index contributed by atoms with van der Waals surface area (Å²) in [5.41, 5.74) is -2.77. The SMILES string of the molecule is CC(C)(OC(=O)Nc1ccc([N+](=O)[O-])cc1)C(F)(F)F. The van der Waals surface area contributed by atoms with E-state index >= 15 is 0 Å². The van der Waals surface area contributed by atoms with Crippen molar-refractivity contribution in [2.75, 3.05) is 5.32 Å². The molecule has 1 rings (SSSR count). The van der Waals surface area contributed by atoms with Crippen molar-refractivity contribution in [3.05, 3.63) is 34.4 Å². The van der Waals surface area contributed by atoms with Crippen LogP contribution in [-0.4, -0.2) is 22.8 Å². The molecule has 0 atom stereocenters. The number of nitrogens with one attached hydrogen (secondary N) is 1. The average Bonchev–Trinajstić information content (AvgIpc) is 2.27. The van der Waals surface area contributed by atoms with E-state index in [2.05, 4.69) is 10.1 Å². The first kappa shape index (κ1) is 15.7. The van der Waals surface area contributed by atoms with Crippen molar-refractivity contribution in [3.8, 4) is 0 Å². The van der Waals surface area contributed by atoms with Crippen molar-refractivity contribution in [1.82, 2.24) is 0 Å². The molecule has 0 fully saturated rings. The van der Waals surface area contributed by atoms with Gasteiger partial charge < -0.3 is 4.74 Å². The Kier molecular flexibility index (Phi) is 4.21. The number of nitrogens with zero attached hydrogens (tertiary/aromatic N) is 1. The summed E-state index contributed by atoms with van der Waals surface area (Å²) in [7, 11) is 0. The maximum atomic E-state index is 12.5. The number of nitro groups is 1. The van der Waals surface area contributed by atoms with Crippen LogP contribution in [0.3, 0.4) is 0 Å². The van der Waals surface area contributed by atoms with Crippen LogP contribution in [0.1, 0.15) is 13.8 Å². The molecule has 0 bridgehead atoms. The molecular weight excluding hydrogens is 281 g/mol. The van der Waals surface area contributed by atoms with Gasteiger partial charge in [0.05, 0.1) is 4.92 Å². The molecule has 20 heavy (non-hydrogen) atoms. The summed E-state index contributed by atoms with van der Waals surface area (Å²) in [6.45, 7) is 1.42. The van der Waals surface area contributed by atoms with Crippen LogP contribution >= 0.6 is 0 Å². The van der Waals surface area contributed by atoms with E-state index in [0.29, 0.717) is 13.8 Å². The van der Waals surface area contributed by atoms with Crippen molar-refractivity contribution in [3.63, 3.8) is 0 Å². The fourth-order valence-electron chi connectivity index (χ4n) is 1.10. The van der Waals surface area contributed by atoms with Crippen molar-refractivity contribution in [2.24, 2.45) is 0 Å². The summed E-state index contributed by atoms with van der Waals surface area (Å²) in [6.07, 6.45) is -6.01. The highest BCUT2D eigenvalue weighted by Crippen LogP contribution is 2.33. The number of non-ortho nitro benzene ring substituents is 1. The van der Waals surface area contributed by atoms with Crippen molar-refractivity contribution in [1.29, 1.82) is 0 Å². The summed E-state index contributed by atoms with van der Waals surface area (Å²) in [4.78, 5) is 21.1. The van der Waals surface area contributed by atoms with Gasteiger partial charge in [0.25, 0.3) is 5.69 Å². The van der Waals surface area contributed by atoms with Crippen molar-refractivity contribution in [2.45, 2.75) is 25.6 Å². The van der Waals surface area contributed by atoms with E-state index in [0.717, 1.165) is 12.1 Å². The van der Waals surface area contributed by atoms with Crippen LogP contribution in [0.5, 0.6) is 0 Å². The molecule has 0 aromatic heterocycles. The van der Waals surface area contributed by atoms with E-state index in [-0.39, 0.29) is 11.4 Å². The number of halogens is 3. The predicted molar refractivity (Wildman–Crippen MR) is 63.3 cm³/mol. The molecule has 1 N–H and O–H groups in total. The molecule has 0 aliphatic carbocycles. The average molecular weight is 292 g/mol. The number of nitro benzene ring substituents is 1. The predicted octanol–water partition coefficient (Wildman–Crippen LogP) is 3.48. The van der Waals surface area contributed by atoms with Crippen LogP contribution in [0, 0.1) is 10.1 Å². The van der Waals surface area contributed by atoms with Crippen molar-refractivity contribution < 1.29 is 27.6 Å². The number of hydrogen-bond acceptors (Lipinski definition) is 4. The Morgan fingerprint density at radius 2 is 1.75 bits per heavy atom. The summed E-state index contributed by atoms with van der Waals surface area (Å²) in [6, 6.07) is 4.56. The smallest absolute Gasteiger partial charge is 0.427 e. The van der Waals surface area contributed by atoms with Gasteiger partial charge in [0.1, 0.15) is 0 Å². The van der Waals surface area contributed by atoms with Crippen molar-refractivity contribution >= 4 is 17.5 Å². The Bertz CT molecular complexity index is 511. The molecule has 9 heteroatoms. The van der Waals surface area contributed by atoms with E-state index in [9.17, 15) is 28.1 Å². The van der Waals surface area contributed by atoms with Gasteiger partial charge in [-0.3, -0.25) is 15.4 Å². The topological polar surface area (TPSA) is 81.5 Å². The second-order valence-electron chi connectivity index (χ2n) is 4.33. The standard InChI is InChI=1S/C11H11F3N2O4/c1-10(2,11(12,13)14)20-9(17)15-7-3-5-8(6-4-7)16(18)19/h3-6H,1-2H3,(H,15,17). The highest BCUT2D eigenvalue weighted by molar-refractivity contribution is 5.85. The zero-order chi connectivity index (χ0) is 15.6. The zero-order valence-electron chi connectivity index (χ0n) is 10.5. The minimum Gasteiger partial charge on any atom is -0.434 e.